The molecule has 0 aliphatic heterocycles. The summed E-state index contributed by atoms with van der Waals surface area (Å²) in [5, 5.41) is 9.25. The van der Waals surface area contributed by atoms with E-state index in [1.165, 1.54) is 77.0 Å². The van der Waals surface area contributed by atoms with Gasteiger partial charge in [-0.3, -0.25) is 0 Å². The number of rotatable bonds is 17. The normalized spacial score (nSPS) is 13.0. The summed E-state index contributed by atoms with van der Waals surface area (Å²) in [5.74, 6) is 0.878. The van der Waals surface area contributed by atoms with E-state index in [9.17, 15) is 5.11 Å². The maximum atomic E-state index is 9.25. The molecule has 134 valence electrons. The topological polar surface area (TPSA) is 29.5 Å². The second-order valence-corrected chi connectivity index (χ2v) is 7.16. The molecule has 0 rings (SSSR count). The van der Waals surface area contributed by atoms with Gasteiger partial charge in [0, 0.05) is 6.61 Å². The number of ether oxygens (including phenoxy) is 1. The van der Waals surface area contributed by atoms with Crippen LogP contribution in [0.1, 0.15) is 111 Å². The van der Waals surface area contributed by atoms with Crippen LogP contribution in [0.5, 0.6) is 0 Å². The van der Waals surface area contributed by atoms with Crippen molar-refractivity contribution in [3.63, 3.8) is 0 Å². The summed E-state index contributed by atoms with van der Waals surface area (Å²) in [6.45, 7) is 7.30. The first-order chi connectivity index (χ1) is 10.7. The molecule has 0 saturated heterocycles. The molecule has 1 N–H and O–H groups in total. The lowest BCUT2D eigenvalue weighted by atomic mass is 10.0. The molecule has 0 bridgehead atoms. The van der Waals surface area contributed by atoms with E-state index in [1.54, 1.807) is 0 Å². The van der Waals surface area contributed by atoms with Crippen LogP contribution in [0, 0.1) is 5.92 Å². The van der Waals surface area contributed by atoms with E-state index in [2.05, 4.69) is 13.8 Å². The highest BCUT2D eigenvalue weighted by atomic mass is 16.6. The van der Waals surface area contributed by atoms with Gasteiger partial charge < -0.3 is 9.84 Å². The molecule has 1 atom stereocenters. The first-order valence-electron chi connectivity index (χ1n) is 9.96. The van der Waals surface area contributed by atoms with Gasteiger partial charge >= 0.3 is 0 Å². The number of hydrogen-bond acceptors (Lipinski definition) is 2. The molecular formula is C20H42O2. The lowest BCUT2D eigenvalue weighted by molar-refractivity contribution is -0.101. The molecule has 2 nitrogen and oxygen atoms in total. The number of aliphatic hydroxyl groups excluding tert-OH is 1. The van der Waals surface area contributed by atoms with Crippen molar-refractivity contribution in [2.45, 2.75) is 117 Å². The van der Waals surface area contributed by atoms with Gasteiger partial charge in [0.1, 0.15) is 0 Å². The Bertz CT molecular complexity index is 204. The molecule has 1 unspecified atom stereocenters. The molecule has 0 aromatic heterocycles. The molecule has 0 aromatic carbocycles. The molecular weight excluding hydrogens is 272 g/mol. The van der Waals surface area contributed by atoms with Gasteiger partial charge in [-0.1, -0.05) is 97.8 Å². The second-order valence-electron chi connectivity index (χ2n) is 7.16. The Morgan fingerprint density at radius 3 is 1.50 bits per heavy atom. The first kappa shape index (κ1) is 21.9. The molecule has 0 radical (unpaired) electrons. The van der Waals surface area contributed by atoms with Gasteiger partial charge in [0.25, 0.3) is 0 Å². The Balaban J connectivity index is 3.00. The SMILES string of the molecule is CCC(O)OCCCCCCCCCCCCCCC(C)C. The average Bonchev–Trinajstić information content (AvgIpc) is 2.50. The van der Waals surface area contributed by atoms with Crippen LogP contribution in [0.25, 0.3) is 0 Å². The largest absolute Gasteiger partial charge is 0.368 e. The molecule has 0 aliphatic rings. The monoisotopic (exact) mass is 314 g/mol. The van der Waals surface area contributed by atoms with Crippen LogP contribution in [-0.4, -0.2) is 18.0 Å². The molecule has 0 spiro atoms. The van der Waals surface area contributed by atoms with Crippen LogP contribution in [-0.2, 0) is 4.74 Å². The maximum absolute atomic E-state index is 9.25. The summed E-state index contributed by atoms with van der Waals surface area (Å²) in [6, 6.07) is 0. The highest BCUT2D eigenvalue weighted by Gasteiger charge is 1.99. The second kappa shape index (κ2) is 17.3. The standard InChI is InChI=1S/C20H42O2/c1-4-20(21)22-18-16-14-12-10-8-6-5-7-9-11-13-15-17-19(2)3/h19-21H,4-18H2,1-3H3. The average molecular weight is 315 g/mol. The van der Waals surface area contributed by atoms with E-state index in [1.807, 2.05) is 6.92 Å². The van der Waals surface area contributed by atoms with Crippen molar-refractivity contribution in [2.75, 3.05) is 6.61 Å². The van der Waals surface area contributed by atoms with Crippen LogP contribution in [0.15, 0.2) is 0 Å². The molecule has 0 aromatic rings. The Morgan fingerprint density at radius 1 is 0.682 bits per heavy atom. The lowest BCUT2D eigenvalue weighted by Crippen LogP contribution is -2.10. The zero-order chi connectivity index (χ0) is 16.5. The Labute approximate surface area is 140 Å². The van der Waals surface area contributed by atoms with E-state index in [0.29, 0.717) is 13.0 Å². The van der Waals surface area contributed by atoms with Crippen molar-refractivity contribution in [3.05, 3.63) is 0 Å². The predicted octanol–water partition coefficient (Wildman–Crippen LogP) is 6.46. The van der Waals surface area contributed by atoms with Crippen LogP contribution in [0.4, 0.5) is 0 Å². The first-order valence-corrected chi connectivity index (χ1v) is 9.96. The van der Waals surface area contributed by atoms with Crippen molar-refractivity contribution < 1.29 is 9.84 Å². The summed E-state index contributed by atoms with van der Waals surface area (Å²) in [5.41, 5.74) is 0. The van der Waals surface area contributed by atoms with Gasteiger partial charge in [0.05, 0.1) is 0 Å². The minimum Gasteiger partial charge on any atom is -0.368 e. The van der Waals surface area contributed by atoms with Gasteiger partial charge in [-0.25, -0.2) is 0 Å². The van der Waals surface area contributed by atoms with E-state index >= 15 is 0 Å². The van der Waals surface area contributed by atoms with Crippen molar-refractivity contribution in [1.82, 2.24) is 0 Å². The van der Waals surface area contributed by atoms with Crippen molar-refractivity contribution >= 4 is 0 Å². The Hall–Kier alpha value is -0.0800. The fourth-order valence-electron chi connectivity index (χ4n) is 2.76. The van der Waals surface area contributed by atoms with Crippen LogP contribution < -0.4 is 0 Å². The summed E-state index contributed by atoms with van der Waals surface area (Å²) in [4.78, 5) is 0. The van der Waals surface area contributed by atoms with E-state index < -0.39 is 6.29 Å². The third kappa shape index (κ3) is 18.0. The molecule has 0 aliphatic carbocycles. The molecule has 0 heterocycles. The molecule has 0 amide bonds. The highest BCUT2D eigenvalue weighted by Crippen LogP contribution is 2.14. The van der Waals surface area contributed by atoms with E-state index in [-0.39, 0.29) is 0 Å². The van der Waals surface area contributed by atoms with Crippen LogP contribution in [0.3, 0.4) is 0 Å². The van der Waals surface area contributed by atoms with Gasteiger partial charge in [-0.05, 0) is 18.8 Å². The fourth-order valence-corrected chi connectivity index (χ4v) is 2.76. The third-order valence-corrected chi connectivity index (χ3v) is 4.34. The lowest BCUT2D eigenvalue weighted by Gasteiger charge is -2.08. The van der Waals surface area contributed by atoms with Gasteiger partial charge in [0.2, 0.25) is 0 Å². The van der Waals surface area contributed by atoms with Crippen LogP contribution >= 0.6 is 0 Å². The van der Waals surface area contributed by atoms with Gasteiger partial charge in [-0.15, -0.1) is 0 Å². The van der Waals surface area contributed by atoms with Gasteiger partial charge in [0.15, 0.2) is 6.29 Å². The zero-order valence-corrected chi connectivity index (χ0v) is 15.6. The van der Waals surface area contributed by atoms with E-state index in [4.69, 9.17) is 4.74 Å². The summed E-state index contributed by atoms with van der Waals surface area (Å²) in [7, 11) is 0. The predicted molar refractivity (Wildman–Crippen MR) is 97.1 cm³/mol. The number of aliphatic hydroxyl groups is 1. The number of unbranched alkanes of at least 4 members (excludes halogenated alkanes) is 11. The van der Waals surface area contributed by atoms with Crippen LogP contribution in [0.2, 0.25) is 0 Å². The smallest absolute Gasteiger partial charge is 0.154 e. The van der Waals surface area contributed by atoms with Crippen molar-refractivity contribution in [2.24, 2.45) is 5.92 Å². The Morgan fingerprint density at radius 2 is 1.09 bits per heavy atom. The third-order valence-electron chi connectivity index (χ3n) is 4.34. The van der Waals surface area contributed by atoms with E-state index in [0.717, 1.165) is 12.3 Å². The Kier molecular flexibility index (Phi) is 17.2. The minimum atomic E-state index is -0.551. The summed E-state index contributed by atoms with van der Waals surface area (Å²) >= 11 is 0. The molecule has 22 heavy (non-hydrogen) atoms. The maximum Gasteiger partial charge on any atom is 0.154 e. The summed E-state index contributed by atoms with van der Waals surface area (Å²) in [6.07, 6.45) is 18.0. The van der Waals surface area contributed by atoms with Gasteiger partial charge in [-0.2, -0.15) is 0 Å². The number of hydrogen-bond donors (Lipinski definition) is 1. The molecule has 0 saturated carbocycles. The quantitative estimate of drug-likeness (QED) is 0.246. The molecule has 0 fully saturated rings. The fraction of sp³-hybridized carbons (Fsp3) is 1.00. The summed E-state index contributed by atoms with van der Waals surface area (Å²) < 4.78 is 5.26. The minimum absolute atomic E-state index is 0.551. The molecule has 2 heteroatoms. The highest BCUT2D eigenvalue weighted by molar-refractivity contribution is 4.50. The zero-order valence-electron chi connectivity index (χ0n) is 15.6. The van der Waals surface area contributed by atoms with Crippen molar-refractivity contribution in [1.29, 1.82) is 0 Å². The van der Waals surface area contributed by atoms with Crippen molar-refractivity contribution in [3.8, 4) is 0 Å².